The molecule has 1 heterocycles. The first kappa shape index (κ1) is 7.41. The van der Waals surface area contributed by atoms with E-state index in [1.807, 2.05) is 12.3 Å². The molecule has 0 atom stereocenters. The number of aromatic nitrogens is 1. The average molecular weight is 154 g/mol. The van der Waals surface area contributed by atoms with Crippen LogP contribution in [0.4, 0.5) is 5.69 Å². The van der Waals surface area contributed by atoms with Crippen LogP contribution in [0.5, 0.6) is 0 Å². The second kappa shape index (κ2) is 3.46. The summed E-state index contributed by atoms with van der Waals surface area (Å²) in [7, 11) is 0. The van der Waals surface area contributed by atoms with Gasteiger partial charge in [0, 0.05) is 18.1 Å². The smallest absolute Gasteiger partial charge is 0.0503 e. The highest BCUT2D eigenvalue weighted by molar-refractivity contribution is 7.97. The van der Waals surface area contributed by atoms with Crippen LogP contribution in [0.3, 0.4) is 0 Å². The van der Waals surface area contributed by atoms with Gasteiger partial charge in [0.1, 0.15) is 0 Å². The molecule has 54 valence electrons. The Hall–Kier alpha value is -0.700. The predicted molar refractivity (Wildman–Crippen MR) is 45.9 cm³/mol. The third-order valence-electron chi connectivity index (χ3n) is 1.13. The van der Waals surface area contributed by atoms with Crippen molar-refractivity contribution in [3.05, 3.63) is 24.0 Å². The Bertz CT molecular complexity index is 213. The fourth-order valence-electron chi connectivity index (χ4n) is 0.753. The number of pyridine rings is 1. The van der Waals surface area contributed by atoms with Crippen LogP contribution in [0.15, 0.2) is 18.5 Å². The van der Waals surface area contributed by atoms with Gasteiger partial charge < -0.3 is 5.73 Å². The standard InChI is InChI=1S/C7H10N2S/c1-10-5-6-2-7(8)4-9-3-6/h2-4H,5,8H2,1H3. The summed E-state index contributed by atoms with van der Waals surface area (Å²) >= 11 is 1.77. The largest absolute Gasteiger partial charge is 0.397 e. The number of anilines is 1. The lowest BCUT2D eigenvalue weighted by Gasteiger charge is -1.97. The molecule has 1 aromatic rings. The molecule has 0 fully saturated rings. The van der Waals surface area contributed by atoms with Crippen LogP contribution < -0.4 is 5.73 Å². The zero-order valence-electron chi connectivity index (χ0n) is 5.87. The summed E-state index contributed by atoms with van der Waals surface area (Å²) in [6.45, 7) is 0. The Morgan fingerprint density at radius 2 is 2.40 bits per heavy atom. The van der Waals surface area contributed by atoms with E-state index in [1.54, 1.807) is 18.0 Å². The summed E-state index contributed by atoms with van der Waals surface area (Å²) in [6, 6.07) is 1.95. The van der Waals surface area contributed by atoms with Crippen molar-refractivity contribution < 1.29 is 0 Å². The molecule has 0 bridgehead atoms. The average Bonchev–Trinajstić information content (AvgIpc) is 1.88. The highest BCUT2D eigenvalue weighted by Crippen LogP contribution is 2.09. The van der Waals surface area contributed by atoms with E-state index in [1.165, 1.54) is 5.56 Å². The first-order valence-electron chi connectivity index (χ1n) is 3.01. The maximum atomic E-state index is 5.52. The van der Waals surface area contributed by atoms with Crippen LogP contribution in [0.1, 0.15) is 5.56 Å². The van der Waals surface area contributed by atoms with Crippen molar-refractivity contribution in [2.45, 2.75) is 5.75 Å². The van der Waals surface area contributed by atoms with Crippen molar-refractivity contribution in [3.8, 4) is 0 Å². The molecule has 0 spiro atoms. The van der Waals surface area contributed by atoms with E-state index < -0.39 is 0 Å². The van der Waals surface area contributed by atoms with Gasteiger partial charge in [0.25, 0.3) is 0 Å². The minimum atomic E-state index is 0.742. The number of rotatable bonds is 2. The third-order valence-corrected chi connectivity index (χ3v) is 1.75. The van der Waals surface area contributed by atoms with Crippen LogP contribution in [-0.2, 0) is 5.75 Å². The molecular formula is C7H10N2S. The van der Waals surface area contributed by atoms with Crippen LogP contribution >= 0.6 is 11.8 Å². The van der Waals surface area contributed by atoms with Crippen LogP contribution in [0.25, 0.3) is 0 Å². The quantitative estimate of drug-likeness (QED) is 0.702. The van der Waals surface area contributed by atoms with Crippen molar-refractivity contribution in [1.29, 1.82) is 0 Å². The molecule has 0 saturated heterocycles. The summed E-state index contributed by atoms with van der Waals surface area (Å²) in [5, 5.41) is 0. The molecule has 1 aromatic heterocycles. The van der Waals surface area contributed by atoms with Gasteiger partial charge in [-0.2, -0.15) is 11.8 Å². The monoisotopic (exact) mass is 154 g/mol. The molecule has 0 unspecified atom stereocenters. The van der Waals surface area contributed by atoms with Gasteiger partial charge in [0.2, 0.25) is 0 Å². The number of hydrogen-bond acceptors (Lipinski definition) is 3. The molecule has 0 radical (unpaired) electrons. The van der Waals surface area contributed by atoms with E-state index in [0.717, 1.165) is 11.4 Å². The third kappa shape index (κ3) is 1.92. The molecule has 0 aliphatic carbocycles. The summed E-state index contributed by atoms with van der Waals surface area (Å²) in [5.74, 6) is 0.984. The maximum Gasteiger partial charge on any atom is 0.0503 e. The van der Waals surface area contributed by atoms with E-state index in [-0.39, 0.29) is 0 Å². The van der Waals surface area contributed by atoms with E-state index in [2.05, 4.69) is 11.2 Å². The normalized spacial score (nSPS) is 9.70. The van der Waals surface area contributed by atoms with E-state index in [9.17, 15) is 0 Å². The molecule has 2 N–H and O–H groups in total. The number of nitrogens with zero attached hydrogens (tertiary/aromatic N) is 1. The fourth-order valence-corrected chi connectivity index (χ4v) is 1.24. The lowest BCUT2D eigenvalue weighted by Crippen LogP contribution is -1.88. The fraction of sp³-hybridized carbons (Fsp3) is 0.286. The van der Waals surface area contributed by atoms with Crippen LogP contribution in [0, 0.1) is 0 Å². The van der Waals surface area contributed by atoms with Crippen LogP contribution in [0.2, 0.25) is 0 Å². The van der Waals surface area contributed by atoms with Gasteiger partial charge in [0.15, 0.2) is 0 Å². The van der Waals surface area contributed by atoms with E-state index in [4.69, 9.17) is 5.73 Å². The zero-order chi connectivity index (χ0) is 7.40. The van der Waals surface area contributed by atoms with Gasteiger partial charge >= 0.3 is 0 Å². The summed E-state index contributed by atoms with van der Waals surface area (Å²) in [6.07, 6.45) is 5.56. The molecule has 0 aliphatic heterocycles. The van der Waals surface area contributed by atoms with Crippen molar-refractivity contribution >= 4 is 17.4 Å². The number of thioether (sulfide) groups is 1. The van der Waals surface area contributed by atoms with Crippen molar-refractivity contribution in [1.82, 2.24) is 4.98 Å². The Balaban J connectivity index is 2.75. The van der Waals surface area contributed by atoms with Crippen LogP contribution in [-0.4, -0.2) is 11.2 Å². The Kier molecular flexibility index (Phi) is 2.57. The molecule has 0 amide bonds. The molecule has 3 heteroatoms. The van der Waals surface area contributed by atoms with Gasteiger partial charge in [-0.3, -0.25) is 4.98 Å². The maximum absolute atomic E-state index is 5.52. The minimum Gasteiger partial charge on any atom is -0.397 e. The highest BCUT2D eigenvalue weighted by Gasteiger charge is 1.90. The lowest BCUT2D eigenvalue weighted by molar-refractivity contribution is 1.26. The molecule has 10 heavy (non-hydrogen) atoms. The van der Waals surface area contributed by atoms with Gasteiger partial charge in [-0.15, -0.1) is 0 Å². The van der Waals surface area contributed by atoms with Gasteiger partial charge in [-0.25, -0.2) is 0 Å². The first-order chi connectivity index (χ1) is 4.83. The molecule has 1 rings (SSSR count). The van der Waals surface area contributed by atoms with Crippen molar-refractivity contribution in [2.24, 2.45) is 0 Å². The van der Waals surface area contributed by atoms with Gasteiger partial charge in [-0.1, -0.05) is 0 Å². The SMILES string of the molecule is CSCc1cncc(N)c1. The number of nitrogens with two attached hydrogens (primary N) is 1. The van der Waals surface area contributed by atoms with Crippen molar-refractivity contribution in [3.63, 3.8) is 0 Å². The highest BCUT2D eigenvalue weighted by atomic mass is 32.2. The lowest BCUT2D eigenvalue weighted by atomic mass is 10.3. The summed E-state index contributed by atoms with van der Waals surface area (Å²) in [4.78, 5) is 3.96. The van der Waals surface area contributed by atoms with E-state index in [0.29, 0.717) is 0 Å². The molecular weight excluding hydrogens is 144 g/mol. The molecule has 0 aliphatic rings. The van der Waals surface area contributed by atoms with Crippen molar-refractivity contribution in [2.75, 3.05) is 12.0 Å². The Labute approximate surface area is 64.8 Å². The number of nitrogen functional groups attached to an aromatic ring is 1. The molecule has 2 nitrogen and oxygen atoms in total. The second-order valence-corrected chi connectivity index (χ2v) is 2.93. The first-order valence-corrected chi connectivity index (χ1v) is 4.40. The van der Waals surface area contributed by atoms with E-state index >= 15 is 0 Å². The van der Waals surface area contributed by atoms with Gasteiger partial charge in [-0.05, 0) is 17.9 Å². The second-order valence-electron chi connectivity index (χ2n) is 2.06. The molecule has 0 saturated carbocycles. The Morgan fingerprint density at radius 3 is 3.00 bits per heavy atom. The summed E-state index contributed by atoms with van der Waals surface area (Å²) in [5.41, 5.74) is 7.45. The zero-order valence-corrected chi connectivity index (χ0v) is 6.69. The topological polar surface area (TPSA) is 38.9 Å². The minimum absolute atomic E-state index is 0.742. The number of hydrogen-bond donors (Lipinski definition) is 1. The molecule has 0 aromatic carbocycles. The summed E-state index contributed by atoms with van der Waals surface area (Å²) < 4.78 is 0. The van der Waals surface area contributed by atoms with Gasteiger partial charge in [0.05, 0.1) is 5.69 Å². The predicted octanol–water partition coefficient (Wildman–Crippen LogP) is 1.53. The Morgan fingerprint density at radius 1 is 1.60 bits per heavy atom.